The molecule has 0 aromatic heterocycles. The highest BCUT2D eigenvalue weighted by atomic mass is 32.2. The molecule has 130 valence electrons. The number of thioether (sulfide) groups is 1. The van der Waals surface area contributed by atoms with E-state index in [-0.39, 0.29) is 6.04 Å². The number of allylic oxidation sites excluding steroid dienone is 2. The van der Waals surface area contributed by atoms with E-state index in [0.29, 0.717) is 0 Å². The molecule has 2 unspecified atom stereocenters. The highest BCUT2D eigenvalue weighted by Crippen LogP contribution is 2.31. The number of benzene rings is 1. The maximum absolute atomic E-state index is 10.4. The Bertz CT molecular complexity index is 609. The van der Waals surface area contributed by atoms with Crippen molar-refractivity contribution >= 4 is 17.3 Å². The summed E-state index contributed by atoms with van der Waals surface area (Å²) in [5.74, 6) is 1.75. The molecule has 2 heterocycles. The van der Waals surface area contributed by atoms with Gasteiger partial charge < -0.3 is 9.84 Å². The van der Waals surface area contributed by atoms with E-state index in [1.165, 1.54) is 23.1 Å². The van der Waals surface area contributed by atoms with Gasteiger partial charge in [-0.3, -0.25) is 4.90 Å². The number of aliphatic hydroxyl groups is 1. The van der Waals surface area contributed by atoms with E-state index >= 15 is 0 Å². The first kappa shape index (κ1) is 17.6. The molecule has 1 aromatic rings. The van der Waals surface area contributed by atoms with E-state index in [2.05, 4.69) is 42.2 Å². The van der Waals surface area contributed by atoms with Gasteiger partial charge >= 0.3 is 0 Å². The lowest BCUT2D eigenvalue weighted by atomic mass is 9.96. The number of aliphatic hydroxyl groups excluding tert-OH is 1. The SMILES string of the molecule is CSCC(O)N1CCCCC1C1=CCC(c2ccc(C)cc2)=CO1. The summed E-state index contributed by atoms with van der Waals surface area (Å²) in [5.41, 5.74) is 3.71. The number of likely N-dealkylation sites (tertiary alicyclic amines) is 1. The zero-order chi connectivity index (χ0) is 16.9. The second kappa shape index (κ2) is 8.24. The van der Waals surface area contributed by atoms with Crippen molar-refractivity contribution in [2.75, 3.05) is 18.6 Å². The van der Waals surface area contributed by atoms with Gasteiger partial charge in [-0.15, -0.1) is 0 Å². The minimum Gasteiger partial charge on any atom is -0.468 e. The highest BCUT2D eigenvalue weighted by molar-refractivity contribution is 7.98. The van der Waals surface area contributed by atoms with Gasteiger partial charge in [0.15, 0.2) is 0 Å². The Morgan fingerprint density at radius 2 is 2.08 bits per heavy atom. The van der Waals surface area contributed by atoms with Crippen LogP contribution < -0.4 is 0 Å². The first-order valence-corrected chi connectivity index (χ1v) is 10.1. The second-order valence-electron chi connectivity index (χ2n) is 6.62. The van der Waals surface area contributed by atoms with Gasteiger partial charge in [-0.1, -0.05) is 36.2 Å². The first-order chi connectivity index (χ1) is 11.7. The van der Waals surface area contributed by atoms with Gasteiger partial charge in [0.2, 0.25) is 0 Å². The van der Waals surface area contributed by atoms with Crippen LogP contribution in [0.2, 0.25) is 0 Å². The third-order valence-electron chi connectivity index (χ3n) is 4.85. The molecular weight excluding hydrogens is 318 g/mol. The van der Waals surface area contributed by atoms with Crippen LogP contribution in [-0.2, 0) is 4.74 Å². The lowest BCUT2D eigenvalue weighted by molar-refractivity contribution is -0.0256. The van der Waals surface area contributed by atoms with Crippen molar-refractivity contribution in [2.24, 2.45) is 0 Å². The lowest BCUT2D eigenvalue weighted by Crippen LogP contribution is -2.48. The van der Waals surface area contributed by atoms with Crippen molar-refractivity contribution in [3.8, 4) is 0 Å². The Hall–Kier alpha value is -1.23. The molecule has 24 heavy (non-hydrogen) atoms. The van der Waals surface area contributed by atoms with Crippen LogP contribution in [0.4, 0.5) is 0 Å². The van der Waals surface area contributed by atoms with Gasteiger partial charge in [0.25, 0.3) is 0 Å². The molecule has 0 aliphatic carbocycles. The summed E-state index contributed by atoms with van der Waals surface area (Å²) >= 11 is 1.69. The fraction of sp³-hybridized carbons (Fsp3) is 0.500. The van der Waals surface area contributed by atoms with Gasteiger partial charge in [-0.2, -0.15) is 11.8 Å². The zero-order valence-electron chi connectivity index (χ0n) is 14.6. The number of piperidine rings is 1. The molecule has 0 spiro atoms. The predicted molar refractivity (Wildman–Crippen MR) is 102 cm³/mol. The molecule has 0 amide bonds. The summed E-state index contributed by atoms with van der Waals surface area (Å²) < 4.78 is 6.01. The molecule has 3 rings (SSSR count). The van der Waals surface area contributed by atoms with Crippen LogP contribution in [0.15, 0.2) is 42.4 Å². The molecular formula is C20H27NO2S. The van der Waals surface area contributed by atoms with Crippen LogP contribution in [-0.4, -0.2) is 40.8 Å². The summed E-state index contributed by atoms with van der Waals surface area (Å²) in [5, 5.41) is 10.4. The predicted octanol–water partition coefficient (Wildman–Crippen LogP) is 4.18. The molecule has 4 heteroatoms. The number of hydrogen-bond donors (Lipinski definition) is 1. The highest BCUT2D eigenvalue weighted by Gasteiger charge is 2.31. The van der Waals surface area contributed by atoms with Crippen LogP contribution in [0.25, 0.3) is 5.57 Å². The fourth-order valence-corrected chi connectivity index (χ4v) is 3.96. The molecule has 0 saturated carbocycles. The van der Waals surface area contributed by atoms with Crippen LogP contribution in [0.1, 0.15) is 36.8 Å². The molecule has 1 N–H and O–H groups in total. The molecule has 1 fully saturated rings. The van der Waals surface area contributed by atoms with Gasteiger partial charge in [0.1, 0.15) is 12.0 Å². The molecule has 3 nitrogen and oxygen atoms in total. The van der Waals surface area contributed by atoms with Gasteiger partial charge in [0.05, 0.1) is 12.3 Å². The van der Waals surface area contributed by atoms with Crippen molar-refractivity contribution in [1.82, 2.24) is 4.90 Å². The Morgan fingerprint density at radius 3 is 2.75 bits per heavy atom. The lowest BCUT2D eigenvalue weighted by Gasteiger charge is -2.39. The van der Waals surface area contributed by atoms with E-state index in [1.807, 2.05) is 12.5 Å². The normalized spacial score (nSPS) is 23.2. The average molecular weight is 346 g/mol. The van der Waals surface area contributed by atoms with Gasteiger partial charge in [0, 0.05) is 12.3 Å². The maximum atomic E-state index is 10.4. The molecule has 1 aromatic carbocycles. The Labute approximate surface area is 149 Å². The maximum Gasteiger partial charge on any atom is 0.117 e. The van der Waals surface area contributed by atoms with E-state index in [4.69, 9.17) is 4.74 Å². The van der Waals surface area contributed by atoms with E-state index in [1.54, 1.807) is 11.8 Å². The standard InChI is InChI=1S/C20H27NO2S/c1-15-6-8-16(9-7-15)17-10-11-19(23-13-17)18-5-3-4-12-21(18)20(22)14-24-2/h6-9,11,13,18,20,22H,3-5,10,12,14H2,1-2H3. The van der Waals surface area contributed by atoms with E-state index in [0.717, 1.165) is 37.3 Å². The van der Waals surface area contributed by atoms with Crippen LogP contribution in [0, 0.1) is 6.92 Å². The number of aryl methyl sites for hydroxylation is 1. The van der Waals surface area contributed by atoms with Gasteiger partial charge in [-0.25, -0.2) is 0 Å². The van der Waals surface area contributed by atoms with Gasteiger partial charge in [-0.05, 0) is 49.7 Å². The van der Waals surface area contributed by atoms with Crippen molar-refractivity contribution in [2.45, 2.75) is 44.9 Å². The van der Waals surface area contributed by atoms with Crippen molar-refractivity contribution in [3.63, 3.8) is 0 Å². The first-order valence-electron chi connectivity index (χ1n) is 8.74. The number of ether oxygens (including phenoxy) is 1. The largest absolute Gasteiger partial charge is 0.468 e. The molecule has 2 atom stereocenters. The van der Waals surface area contributed by atoms with Crippen molar-refractivity contribution < 1.29 is 9.84 Å². The minimum atomic E-state index is -0.391. The second-order valence-corrected chi connectivity index (χ2v) is 7.53. The smallest absolute Gasteiger partial charge is 0.117 e. The Morgan fingerprint density at radius 1 is 1.29 bits per heavy atom. The fourth-order valence-electron chi connectivity index (χ4n) is 3.48. The summed E-state index contributed by atoms with van der Waals surface area (Å²) in [6.07, 6.45) is 10.0. The van der Waals surface area contributed by atoms with Crippen molar-refractivity contribution in [1.29, 1.82) is 0 Å². The topological polar surface area (TPSA) is 32.7 Å². The summed E-state index contributed by atoms with van der Waals surface area (Å²) in [6.45, 7) is 3.05. The third-order valence-corrected chi connectivity index (χ3v) is 5.49. The molecule has 2 aliphatic rings. The molecule has 2 aliphatic heterocycles. The number of rotatable bonds is 5. The third kappa shape index (κ3) is 4.05. The van der Waals surface area contributed by atoms with Crippen LogP contribution in [0.5, 0.6) is 0 Å². The zero-order valence-corrected chi connectivity index (χ0v) is 15.4. The average Bonchev–Trinajstić information content (AvgIpc) is 2.63. The number of hydrogen-bond acceptors (Lipinski definition) is 4. The monoisotopic (exact) mass is 345 g/mol. The molecule has 0 radical (unpaired) electrons. The Balaban J connectivity index is 1.68. The minimum absolute atomic E-state index is 0.205. The quantitative estimate of drug-likeness (QED) is 0.868. The van der Waals surface area contributed by atoms with Crippen LogP contribution >= 0.6 is 11.8 Å². The van der Waals surface area contributed by atoms with Crippen molar-refractivity contribution in [3.05, 3.63) is 53.5 Å². The summed E-state index contributed by atoms with van der Waals surface area (Å²) in [4.78, 5) is 2.20. The summed E-state index contributed by atoms with van der Waals surface area (Å²) in [7, 11) is 0. The van der Waals surface area contributed by atoms with E-state index < -0.39 is 6.23 Å². The number of nitrogens with zero attached hydrogens (tertiary/aromatic N) is 1. The summed E-state index contributed by atoms with van der Waals surface area (Å²) in [6, 6.07) is 8.78. The Kier molecular flexibility index (Phi) is 6.04. The van der Waals surface area contributed by atoms with Crippen LogP contribution in [0.3, 0.4) is 0 Å². The molecule has 0 bridgehead atoms. The van der Waals surface area contributed by atoms with E-state index in [9.17, 15) is 5.11 Å². The molecule has 1 saturated heterocycles.